The molecule has 0 radical (unpaired) electrons. The van der Waals surface area contributed by atoms with Gasteiger partial charge in [0.2, 0.25) is 0 Å². The van der Waals surface area contributed by atoms with Gasteiger partial charge in [-0.3, -0.25) is 14.9 Å². The van der Waals surface area contributed by atoms with Crippen LogP contribution in [0.1, 0.15) is 11.1 Å². The van der Waals surface area contributed by atoms with E-state index in [2.05, 4.69) is 6.58 Å². The van der Waals surface area contributed by atoms with Gasteiger partial charge < -0.3 is 15.4 Å². The minimum atomic E-state index is -1.11. The topological polar surface area (TPSA) is 111 Å². The van der Waals surface area contributed by atoms with Gasteiger partial charge in [-0.1, -0.05) is 12.7 Å². The van der Waals surface area contributed by atoms with E-state index in [-0.39, 0.29) is 12.1 Å². The minimum absolute atomic E-state index is 0.0340. The lowest BCUT2D eigenvalue weighted by Gasteiger charge is -2.06. The quantitative estimate of drug-likeness (QED) is 0.642. The number of fused-ring (bicyclic) bond motifs is 1. The van der Waals surface area contributed by atoms with E-state index in [9.17, 15) is 14.9 Å². The van der Waals surface area contributed by atoms with Gasteiger partial charge in [-0.05, 0) is 17.2 Å². The lowest BCUT2D eigenvalue weighted by molar-refractivity contribution is -0.383. The van der Waals surface area contributed by atoms with Crippen LogP contribution in [0.2, 0.25) is 0 Å². The second kappa shape index (κ2) is 5.37. The molecule has 2 rings (SSSR count). The Morgan fingerprint density at radius 1 is 1.62 bits per heavy atom. The molecule has 1 unspecified atom stereocenters. The second-order valence-corrected chi connectivity index (χ2v) is 4.77. The molecule has 7 nitrogen and oxygen atoms in total. The van der Waals surface area contributed by atoms with Crippen molar-refractivity contribution in [2.24, 2.45) is 12.8 Å². The number of carboxylic acid groups (broad SMARTS) is 1. The van der Waals surface area contributed by atoms with Crippen LogP contribution in [0.4, 0.5) is 5.69 Å². The summed E-state index contributed by atoms with van der Waals surface area (Å²) in [6, 6.07) is 1.95. The highest BCUT2D eigenvalue weighted by molar-refractivity contribution is 5.97. The van der Waals surface area contributed by atoms with Gasteiger partial charge in [0.25, 0.3) is 5.69 Å². The Morgan fingerprint density at radius 2 is 2.29 bits per heavy atom. The van der Waals surface area contributed by atoms with E-state index < -0.39 is 16.9 Å². The minimum Gasteiger partial charge on any atom is -0.480 e. The van der Waals surface area contributed by atoms with Gasteiger partial charge >= 0.3 is 5.97 Å². The van der Waals surface area contributed by atoms with Crippen LogP contribution in [0.3, 0.4) is 0 Å². The Labute approximate surface area is 120 Å². The van der Waals surface area contributed by atoms with Gasteiger partial charge in [0.1, 0.15) is 11.6 Å². The van der Waals surface area contributed by atoms with Crippen molar-refractivity contribution in [2.75, 3.05) is 0 Å². The number of hydrogen-bond acceptors (Lipinski definition) is 4. The maximum Gasteiger partial charge on any atom is 0.320 e. The Bertz CT molecular complexity index is 748. The Morgan fingerprint density at radius 3 is 2.81 bits per heavy atom. The van der Waals surface area contributed by atoms with Crippen molar-refractivity contribution in [1.82, 2.24) is 4.57 Å². The summed E-state index contributed by atoms with van der Waals surface area (Å²) in [4.78, 5) is 21.6. The Hall–Kier alpha value is -2.67. The molecule has 3 N–H and O–H groups in total. The van der Waals surface area contributed by atoms with Crippen LogP contribution in [0.25, 0.3) is 17.0 Å². The van der Waals surface area contributed by atoms with Crippen molar-refractivity contribution in [3.8, 4) is 0 Å². The molecule has 1 aromatic carbocycles. The van der Waals surface area contributed by atoms with Crippen molar-refractivity contribution in [1.29, 1.82) is 0 Å². The lowest BCUT2D eigenvalue weighted by atomic mass is 10.0. The summed E-state index contributed by atoms with van der Waals surface area (Å²) in [6.07, 6.45) is 3.35. The highest BCUT2D eigenvalue weighted by atomic mass is 16.6. The summed E-state index contributed by atoms with van der Waals surface area (Å²) in [5.41, 5.74) is 7.34. The fourth-order valence-corrected chi connectivity index (χ4v) is 2.45. The molecule has 0 amide bonds. The number of carboxylic acids is 1. The first-order valence-electron chi connectivity index (χ1n) is 6.23. The maximum atomic E-state index is 11.2. The second-order valence-electron chi connectivity index (χ2n) is 4.77. The van der Waals surface area contributed by atoms with Gasteiger partial charge in [0.15, 0.2) is 0 Å². The zero-order valence-electron chi connectivity index (χ0n) is 11.4. The molecule has 0 saturated carbocycles. The third-order valence-electron chi connectivity index (χ3n) is 3.39. The van der Waals surface area contributed by atoms with Crippen molar-refractivity contribution in [3.63, 3.8) is 0 Å². The summed E-state index contributed by atoms with van der Waals surface area (Å²) >= 11 is 0. The lowest BCUT2D eigenvalue weighted by Crippen LogP contribution is -2.32. The summed E-state index contributed by atoms with van der Waals surface area (Å²) in [7, 11) is 1.68. The molecule has 21 heavy (non-hydrogen) atoms. The van der Waals surface area contributed by atoms with Crippen LogP contribution >= 0.6 is 0 Å². The fourth-order valence-electron chi connectivity index (χ4n) is 2.45. The normalized spacial score (nSPS) is 12.3. The third kappa shape index (κ3) is 2.50. The molecule has 0 aliphatic rings. The molecule has 0 aliphatic carbocycles. The molecule has 0 aliphatic heterocycles. The van der Waals surface area contributed by atoms with Gasteiger partial charge in [-0.2, -0.15) is 0 Å². The SMILES string of the molecule is C=Cc1ccc([N+](=O)[O-])c2c1c(CC(N)C(=O)O)cn2C. The number of benzene rings is 1. The van der Waals surface area contributed by atoms with E-state index in [1.807, 2.05) is 0 Å². The molecule has 2 aromatic rings. The molecule has 0 bridgehead atoms. The zero-order chi connectivity index (χ0) is 15.7. The molecule has 1 heterocycles. The number of rotatable bonds is 5. The van der Waals surface area contributed by atoms with E-state index >= 15 is 0 Å². The number of non-ortho nitro benzene ring substituents is 1. The van der Waals surface area contributed by atoms with Crippen molar-refractivity contribution in [3.05, 3.63) is 46.1 Å². The number of aromatic nitrogens is 1. The number of nitrogens with zero attached hydrogens (tertiary/aromatic N) is 2. The molecular weight excluding hydrogens is 274 g/mol. The number of carbonyl (C=O) groups is 1. The van der Waals surface area contributed by atoms with Crippen LogP contribution in [0.15, 0.2) is 24.9 Å². The van der Waals surface area contributed by atoms with Crippen LogP contribution < -0.4 is 5.73 Å². The first-order valence-corrected chi connectivity index (χ1v) is 6.23. The first kappa shape index (κ1) is 14.7. The fraction of sp³-hybridized carbons (Fsp3) is 0.214. The summed E-state index contributed by atoms with van der Waals surface area (Å²) in [5.74, 6) is -1.11. The van der Waals surface area contributed by atoms with Crippen molar-refractivity contribution in [2.45, 2.75) is 12.5 Å². The van der Waals surface area contributed by atoms with E-state index in [1.165, 1.54) is 6.07 Å². The predicted octanol–water partition coefficient (Wildman–Crippen LogP) is 1.68. The van der Waals surface area contributed by atoms with Crippen molar-refractivity contribution >= 4 is 28.6 Å². The first-order chi connectivity index (χ1) is 9.86. The molecule has 110 valence electrons. The number of nitro benzene ring substituents is 1. The molecule has 0 spiro atoms. The average Bonchev–Trinajstić information content (AvgIpc) is 2.75. The van der Waals surface area contributed by atoms with Gasteiger partial charge in [-0.15, -0.1) is 0 Å². The van der Waals surface area contributed by atoms with Crippen LogP contribution in [0.5, 0.6) is 0 Å². The maximum absolute atomic E-state index is 11.2. The predicted molar refractivity (Wildman–Crippen MR) is 79.0 cm³/mol. The monoisotopic (exact) mass is 289 g/mol. The van der Waals surface area contributed by atoms with E-state index in [1.54, 1.807) is 30.0 Å². The van der Waals surface area contributed by atoms with Crippen LogP contribution in [-0.4, -0.2) is 26.6 Å². The summed E-state index contributed by atoms with van der Waals surface area (Å²) < 4.78 is 1.62. The van der Waals surface area contributed by atoms with Gasteiger partial charge in [0.05, 0.1) is 4.92 Å². The number of hydrogen-bond donors (Lipinski definition) is 2. The number of aryl methyl sites for hydroxylation is 1. The highest BCUT2D eigenvalue weighted by Gasteiger charge is 2.22. The number of aliphatic carboxylic acids is 1. The summed E-state index contributed by atoms with van der Waals surface area (Å²) in [6.45, 7) is 3.69. The molecule has 0 saturated heterocycles. The Kier molecular flexibility index (Phi) is 3.77. The summed E-state index contributed by atoms with van der Waals surface area (Å²) in [5, 5.41) is 20.7. The van der Waals surface area contributed by atoms with E-state index in [0.717, 1.165) is 0 Å². The molecular formula is C14H15N3O4. The van der Waals surface area contributed by atoms with Gasteiger partial charge in [0, 0.05) is 31.1 Å². The molecule has 7 heteroatoms. The standard InChI is InChI=1S/C14H15N3O4/c1-3-8-4-5-11(17(20)21)13-12(8)9(7-16(13)2)6-10(15)14(18)19/h3-5,7,10H,1,6,15H2,2H3,(H,18,19). The molecule has 1 atom stereocenters. The average molecular weight is 289 g/mol. The third-order valence-corrected chi connectivity index (χ3v) is 3.39. The number of nitro groups is 1. The zero-order valence-corrected chi connectivity index (χ0v) is 11.4. The Balaban J connectivity index is 2.73. The van der Waals surface area contributed by atoms with Crippen LogP contribution in [0, 0.1) is 10.1 Å². The highest BCUT2D eigenvalue weighted by Crippen LogP contribution is 2.33. The molecule has 0 fully saturated rings. The smallest absolute Gasteiger partial charge is 0.320 e. The van der Waals surface area contributed by atoms with Crippen molar-refractivity contribution < 1.29 is 14.8 Å². The molecule has 1 aromatic heterocycles. The largest absolute Gasteiger partial charge is 0.480 e. The van der Waals surface area contributed by atoms with E-state index in [0.29, 0.717) is 22.0 Å². The van der Waals surface area contributed by atoms with E-state index in [4.69, 9.17) is 10.8 Å². The van der Waals surface area contributed by atoms with Crippen LogP contribution in [-0.2, 0) is 18.3 Å². The van der Waals surface area contributed by atoms with Gasteiger partial charge in [-0.25, -0.2) is 0 Å². The number of nitrogens with two attached hydrogens (primary N) is 1.